The molecule has 2 aromatic rings. The van der Waals surface area contributed by atoms with E-state index in [0.717, 1.165) is 41.0 Å². The zero-order valence-electron chi connectivity index (χ0n) is 13.6. The fraction of sp³-hybridized carbons (Fsp3) is 0.316. The van der Waals surface area contributed by atoms with Crippen LogP contribution in [0, 0.1) is 0 Å². The van der Waals surface area contributed by atoms with Crippen LogP contribution < -0.4 is 9.47 Å². The van der Waals surface area contributed by atoms with Gasteiger partial charge >= 0.3 is 0 Å². The SMILES string of the molecule is COc1cc2c3c(c1OC)-c1ccccc1C(=O)[C@H]3N(C)CC2. The highest BCUT2D eigenvalue weighted by molar-refractivity contribution is 6.11. The van der Waals surface area contributed by atoms with Crippen molar-refractivity contribution in [3.8, 4) is 22.6 Å². The Labute approximate surface area is 135 Å². The summed E-state index contributed by atoms with van der Waals surface area (Å²) in [7, 11) is 5.32. The molecule has 4 nitrogen and oxygen atoms in total. The first-order valence-corrected chi connectivity index (χ1v) is 7.79. The van der Waals surface area contributed by atoms with E-state index in [4.69, 9.17) is 9.47 Å². The maximum Gasteiger partial charge on any atom is 0.185 e. The molecule has 0 fully saturated rings. The minimum absolute atomic E-state index is 0.170. The second kappa shape index (κ2) is 5.10. The fourth-order valence-corrected chi connectivity index (χ4v) is 3.89. The number of ketones is 1. The number of nitrogens with zero attached hydrogens (tertiary/aromatic N) is 1. The highest BCUT2D eigenvalue weighted by Gasteiger charge is 2.41. The third-order valence-electron chi connectivity index (χ3n) is 4.95. The first-order chi connectivity index (χ1) is 11.2. The van der Waals surface area contributed by atoms with Crippen LogP contribution in [-0.2, 0) is 6.42 Å². The Balaban J connectivity index is 2.14. The van der Waals surface area contributed by atoms with Gasteiger partial charge in [-0.25, -0.2) is 0 Å². The minimum Gasteiger partial charge on any atom is -0.493 e. The van der Waals surface area contributed by atoms with Gasteiger partial charge in [0.25, 0.3) is 0 Å². The second-order valence-corrected chi connectivity index (χ2v) is 6.10. The predicted molar refractivity (Wildman–Crippen MR) is 88.4 cm³/mol. The number of ether oxygens (including phenoxy) is 2. The van der Waals surface area contributed by atoms with Crippen molar-refractivity contribution in [2.75, 3.05) is 27.8 Å². The standard InChI is InChI=1S/C19H19NO3/c1-20-9-8-11-10-14(22-2)19(23-3)16-12-6-4-5-7-13(12)18(21)17(20)15(11)16/h4-7,10,17H,8-9H2,1-3H3/t17-/m0/s1. The van der Waals surface area contributed by atoms with Crippen LogP contribution in [0.4, 0.5) is 0 Å². The van der Waals surface area contributed by atoms with Crippen molar-refractivity contribution in [1.82, 2.24) is 4.90 Å². The van der Waals surface area contributed by atoms with Gasteiger partial charge in [-0.3, -0.25) is 9.69 Å². The van der Waals surface area contributed by atoms with Gasteiger partial charge in [-0.05, 0) is 36.2 Å². The number of methoxy groups -OCH3 is 2. The molecule has 0 saturated heterocycles. The normalized spacial score (nSPS) is 19.1. The van der Waals surface area contributed by atoms with Crippen LogP contribution in [-0.4, -0.2) is 38.5 Å². The molecule has 2 aliphatic rings. The van der Waals surface area contributed by atoms with Crippen LogP contribution in [0.5, 0.6) is 11.5 Å². The molecular formula is C19H19NO3. The molecule has 118 valence electrons. The van der Waals surface area contributed by atoms with Crippen molar-refractivity contribution in [3.63, 3.8) is 0 Å². The van der Waals surface area contributed by atoms with Gasteiger partial charge in [-0.1, -0.05) is 24.3 Å². The highest BCUT2D eigenvalue weighted by Crippen LogP contribution is 2.51. The molecule has 0 saturated carbocycles. The van der Waals surface area contributed by atoms with Crippen molar-refractivity contribution >= 4 is 5.78 Å². The molecule has 2 aromatic carbocycles. The molecule has 0 amide bonds. The zero-order chi connectivity index (χ0) is 16.1. The number of Topliss-reactive ketones (excluding diaryl/α,β-unsaturated/α-hetero) is 1. The monoisotopic (exact) mass is 309 g/mol. The predicted octanol–water partition coefficient (Wildman–Crippen LogP) is 3.10. The molecular weight excluding hydrogens is 290 g/mol. The number of rotatable bonds is 2. The van der Waals surface area contributed by atoms with Crippen LogP contribution in [0.1, 0.15) is 27.5 Å². The molecule has 23 heavy (non-hydrogen) atoms. The highest BCUT2D eigenvalue weighted by atomic mass is 16.5. The van der Waals surface area contributed by atoms with E-state index in [2.05, 4.69) is 4.90 Å². The van der Waals surface area contributed by atoms with Gasteiger partial charge in [0, 0.05) is 17.7 Å². The van der Waals surface area contributed by atoms with E-state index in [0.29, 0.717) is 5.75 Å². The van der Waals surface area contributed by atoms with Crippen molar-refractivity contribution in [1.29, 1.82) is 0 Å². The number of hydrogen-bond donors (Lipinski definition) is 0. The number of benzene rings is 2. The Morgan fingerprint density at radius 1 is 1.13 bits per heavy atom. The lowest BCUT2D eigenvalue weighted by molar-refractivity contribution is 0.0835. The van der Waals surface area contributed by atoms with Crippen LogP contribution >= 0.6 is 0 Å². The summed E-state index contributed by atoms with van der Waals surface area (Å²) in [5, 5.41) is 0. The summed E-state index contributed by atoms with van der Waals surface area (Å²) >= 11 is 0. The van der Waals surface area contributed by atoms with E-state index < -0.39 is 0 Å². The summed E-state index contributed by atoms with van der Waals surface area (Å²) in [6, 6.07) is 9.57. The summed E-state index contributed by atoms with van der Waals surface area (Å²) in [5.41, 5.74) is 4.98. The van der Waals surface area contributed by atoms with Gasteiger partial charge in [-0.15, -0.1) is 0 Å². The Kier molecular flexibility index (Phi) is 3.16. The molecule has 1 heterocycles. The molecule has 0 radical (unpaired) electrons. The van der Waals surface area contributed by atoms with E-state index >= 15 is 0 Å². The van der Waals surface area contributed by atoms with Crippen LogP contribution in [0.25, 0.3) is 11.1 Å². The molecule has 4 rings (SSSR count). The second-order valence-electron chi connectivity index (χ2n) is 6.10. The van der Waals surface area contributed by atoms with Crippen LogP contribution in [0.15, 0.2) is 30.3 Å². The molecule has 4 heteroatoms. The molecule has 0 bridgehead atoms. The Morgan fingerprint density at radius 2 is 1.87 bits per heavy atom. The van der Waals surface area contributed by atoms with Gasteiger partial charge in [0.1, 0.15) is 0 Å². The first kappa shape index (κ1) is 14.3. The lowest BCUT2D eigenvalue weighted by Gasteiger charge is -2.39. The van der Waals surface area contributed by atoms with Crippen molar-refractivity contribution < 1.29 is 14.3 Å². The van der Waals surface area contributed by atoms with E-state index in [1.54, 1.807) is 14.2 Å². The third kappa shape index (κ3) is 1.85. The summed E-state index contributed by atoms with van der Waals surface area (Å²) in [4.78, 5) is 15.2. The van der Waals surface area contributed by atoms with E-state index in [1.165, 1.54) is 5.56 Å². The Morgan fingerprint density at radius 3 is 2.57 bits per heavy atom. The average Bonchev–Trinajstić information content (AvgIpc) is 2.59. The number of carbonyl (C=O) groups is 1. The molecule has 1 aliphatic carbocycles. The van der Waals surface area contributed by atoms with E-state index in [-0.39, 0.29) is 11.8 Å². The Hall–Kier alpha value is -2.33. The average molecular weight is 309 g/mol. The number of likely N-dealkylation sites (N-methyl/N-ethyl adjacent to an activating group) is 1. The van der Waals surface area contributed by atoms with E-state index in [9.17, 15) is 4.79 Å². The molecule has 0 N–H and O–H groups in total. The van der Waals surface area contributed by atoms with Crippen LogP contribution in [0.3, 0.4) is 0 Å². The van der Waals surface area contributed by atoms with E-state index in [1.807, 2.05) is 37.4 Å². The van der Waals surface area contributed by atoms with Gasteiger partial charge in [-0.2, -0.15) is 0 Å². The summed E-state index contributed by atoms with van der Waals surface area (Å²) in [6.07, 6.45) is 0.908. The lowest BCUT2D eigenvalue weighted by atomic mass is 9.76. The van der Waals surface area contributed by atoms with Gasteiger partial charge in [0.15, 0.2) is 17.3 Å². The maximum absolute atomic E-state index is 13.0. The van der Waals surface area contributed by atoms with Gasteiger partial charge in [0.2, 0.25) is 0 Å². The minimum atomic E-state index is -0.233. The topological polar surface area (TPSA) is 38.8 Å². The summed E-state index contributed by atoms with van der Waals surface area (Å²) in [5.74, 6) is 1.61. The lowest BCUT2D eigenvalue weighted by Crippen LogP contribution is -2.39. The molecule has 0 aromatic heterocycles. The number of hydrogen-bond acceptors (Lipinski definition) is 4. The first-order valence-electron chi connectivity index (χ1n) is 7.79. The number of fused-ring (bicyclic) bond motifs is 2. The van der Waals surface area contributed by atoms with Crippen molar-refractivity contribution in [3.05, 3.63) is 47.0 Å². The smallest absolute Gasteiger partial charge is 0.185 e. The summed E-state index contributed by atoms with van der Waals surface area (Å²) < 4.78 is 11.2. The van der Waals surface area contributed by atoms with Crippen molar-refractivity contribution in [2.45, 2.75) is 12.5 Å². The molecule has 1 aliphatic heterocycles. The van der Waals surface area contributed by atoms with Gasteiger partial charge < -0.3 is 9.47 Å². The molecule has 1 atom stereocenters. The summed E-state index contributed by atoms with van der Waals surface area (Å²) in [6.45, 7) is 0.862. The quantitative estimate of drug-likeness (QED) is 0.854. The third-order valence-corrected chi connectivity index (χ3v) is 4.95. The van der Waals surface area contributed by atoms with Gasteiger partial charge in [0.05, 0.1) is 20.3 Å². The van der Waals surface area contributed by atoms with Crippen LogP contribution in [0.2, 0.25) is 0 Å². The fourth-order valence-electron chi connectivity index (χ4n) is 3.89. The molecule has 0 unspecified atom stereocenters. The largest absolute Gasteiger partial charge is 0.493 e. The number of carbonyl (C=O) groups excluding carboxylic acids is 1. The van der Waals surface area contributed by atoms with Crippen molar-refractivity contribution in [2.24, 2.45) is 0 Å². The Bertz CT molecular complexity index is 813. The zero-order valence-corrected chi connectivity index (χ0v) is 13.6. The maximum atomic E-state index is 13.0. The molecule has 0 spiro atoms.